The number of morpholine rings is 1. The van der Waals surface area contributed by atoms with E-state index in [4.69, 9.17) is 18.3 Å². The molecule has 0 amide bonds. The van der Waals surface area contributed by atoms with Crippen LogP contribution in [0.2, 0.25) is 0 Å². The van der Waals surface area contributed by atoms with Gasteiger partial charge in [0, 0.05) is 32.7 Å². The monoisotopic (exact) mass is 378 g/mol. The highest BCUT2D eigenvalue weighted by Gasteiger charge is 2.17. The fourth-order valence-corrected chi connectivity index (χ4v) is 3.17. The Morgan fingerprint density at radius 2 is 2.07 bits per heavy atom. The smallest absolute Gasteiger partial charge is 0.129 e. The van der Waals surface area contributed by atoms with Crippen molar-refractivity contribution in [1.29, 1.82) is 0 Å². The van der Waals surface area contributed by atoms with Crippen molar-refractivity contribution in [3.63, 3.8) is 0 Å². The highest BCUT2D eigenvalue weighted by molar-refractivity contribution is 5.05. The lowest BCUT2D eigenvalue weighted by Gasteiger charge is -2.30. The van der Waals surface area contributed by atoms with Crippen molar-refractivity contribution in [3.8, 4) is 0 Å². The van der Waals surface area contributed by atoms with Gasteiger partial charge in [0.05, 0.1) is 38.7 Å². The Kier molecular flexibility index (Phi) is 7.92. The van der Waals surface area contributed by atoms with Crippen molar-refractivity contribution in [3.05, 3.63) is 47.8 Å². The van der Waals surface area contributed by atoms with Gasteiger partial charge in [-0.05, 0) is 31.2 Å². The van der Waals surface area contributed by atoms with Crippen LogP contribution in [0, 0.1) is 6.92 Å². The lowest BCUT2D eigenvalue weighted by atomic mass is 10.3. The van der Waals surface area contributed by atoms with Crippen LogP contribution in [0.25, 0.3) is 0 Å². The SMILES string of the molecule is Cc1ccc(CN(CCN2CCOCC2)CC(O)COCc2ccco2)o1. The summed E-state index contributed by atoms with van der Waals surface area (Å²) >= 11 is 0. The topological polar surface area (TPSA) is 71.5 Å². The molecule has 0 aromatic carbocycles. The minimum Gasteiger partial charge on any atom is -0.467 e. The Labute approximate surface area is 160 Å². The number of hydrogen-bond donors (Lipinski definition) is 1. The van der Waals surface area contributed by atoms with Crippen molar-refractivity contribution in [2.75, 3.05) is 52.5 Å². The maximum absolute atomic E-state index is 10.4. The van der Waals surface area contributed by atoms with E-state index < -0.39 is 6.10 Å². The molecule has 7 nitrogen and oxygen atoms in total. The first-order valence-electron chi connectivity index (χ1n) is 9.55. The summed E-state index contributed by atoms with van der Waals surface area (Å²) in [5.41, 5.74) is 0. The second kappa shape index (κ2) is 10.6. The number of aryl methyl sites for hydroxylation is 1. The zero-order chi connectivity index (χ0) is 18.9. The maximum atomic E-state index is 10.4. The largest absolute Gasteiger partial charge is 0.467 e. The van der Waals surface area contributed by atoms with Gasteiger partial charge < -0.3 is 23.4 Å². The van der Waals surface area contributed by atoms with Gasteiger partial charge in [-0.3, -0.25) is 9.80 Å². The number of ether oxygens (including phenoxy) is 2. The molecule has 1 saturated heterocycles. The molecule has 1 unspecified atom stereocenters. The van der Waals surface area contributed by atoms with Crippen LogP contribution in [0.3, 0.4) is 0 Å². The number of aliphatic hydroxyl groups excluding tert-OH is 1. The third-order valence-electron chi connectivity index (χ3n) is 4.62. The van der Waals surface area contributed by atoms with Crippen molar-refractivity contribution in [2.45, 2.75) is 26.2 Å². The molecule has 150 valence electrons. The van der Waals surface area contributed by atoms with Gasteiger partial charge in [-0.2, -0.15) is 0 Å². The van der Waals surface area contributed by atoms with Crippen LogP contribution in [0.15, 0.2) is 39.4 Å². The number of furan rings is 2. The van der Waals surface area contributed by atoms with E-state index in [0.717, 1.165) is 56.7 Å². The van der Waals surface area contributed by atoms with Gasteiger partial charge >= 0.3 is 0 Å². The molecule has 2 aromatic rings. The molecule has 1 aliphatic heterocycles. The molecule has 7 heteroatoms. The Bertz CT molecular complexity index is 637. The molecule has 1 fully saturated rings. The summed E-state index contributed by atoms with van der Waals surface area (Å²) < 4.78 is 21.9. The predicted octanol–water partition coefficient (Wildman–Crippen LogP) is 1.89. The quantitative estimate of drug-likeness (QED) is 0.640. The molecule has 1 aliphatic rings. The Morgan fingerprint density at radius 3 is 2.78 bits per heavy atom. The second-order valence-corrected chi connectivity index (χ2v) is 6.95. The van der Waals surface area contributed by atoms with E-state index in [1.54, 1.807) is 6.26 Å². The zero-order valence-electron chi connectivity index (χ0n) is 16.0. The van der Waals surface area contributed by atoms with Crippen LogP contribution in [-0.4, -0.2) is 73.6 Å². The minimum absolute atomic E-state index is 0.270. The average Bonchev–Trinajstić information content (AvgIpc) is 3.32. The van der Waals surface area contributed by atoms with Crippen LogP contribution in [0.4, 0.5) is 0 Å². The first-order valence-corrected chi connectivity index (χ1v) is 9.55. The Balaban J connectivity index is 1.46. The van der Waals surface area contributed by atoms with Crippen molar-refractivity contribution < 1.29 is 23.4 Å². The molecule has 0 aliphatic carbocycles. The maximum Gasteiger partial charge on any atom is 0.129 e. The van der Waals surface area contributed by atoms with E-state index in [9.17, 15) is 5.11 Å². The van der Waals surface area contributed by atoms with Gasteiger partial charge in [0.15, 0.2) is 0 Å². The van der Waals surface area contributed by atoms with E-state index in [2.05, 4.69) is 9.80 Å². The second-order valence-electron chi connectivity index (χ2n) is 6.95. The molecule has 0 spiro atoms. The van der Waals surface area contributed by atoms with Gasteiger partial charge in [-0.25, -0.2) is 0 Å². The molecular weight excluding hydrogens is 348 g/mol. The number of hydrogen-bond acceptors (Lipinski definition) is 7. The van der Waals surface area contributed by atoms with E-state index in [0.29, 0.717) is 19.7 Å². The fraction of sp³-hybridized carbons (Fsp3) is 0.600. The molecule has 1 N–H and O–H groups in total. The highest BCUT2D eigenvalue weighted by atomic mass is 16.5. The fourth-order valence-electron chi connectivity index (χ4n) is 3.17. The number of nitrogens with zero attached hydrogens (tertiary/aromatic N) is 2. The third kappa shape index (κ3) is 7.12. The van der Waals surface area contributed by atoms with E-state index >= 15 is 0 Å². The number of aliphatic hydroxyl groups is 1. The van der Waals surface area contributed by atoms with Crippen LogP contribution >= 0.6 is 0 Å². The van der Waals surface area contributed by atoms with Crippen LogP contribution in [0.1, 0.15) is 17.3 Å². The lowest BCUT2D eigenvalue weighted by molar-refractivity contribution is -0.00250. The van der Waals surface area contributed by atoms with Gasteiger partial charge in [0.25, 0.3) is 0 Å². The van der Waals surface area contributed by atoms with Crippen molar-refractivity contribution in [1.82, 2.24) is 9.80 Å². The van der Waals surface area contributed by atoms with E-state index in [-0.39, 0.29) is 6.61 Å². The number of rotatable bonds is 11. The van der Waals surface area contributed by atoms with Crippen molar-refractivity contribution >= 4 is 0 Å². The molecule has 3 heterocycles. The highest BCUT2D eigenvalue weighted by Crippen LogP contribution is 2.11. The summed E-state index contributed by atoms with van der Waals surface area (Å²) in [6.07, 6.45) is 1.05. The molecule has 1 atom stereocenters. The molecule has 2 aromatic heterocycles. The normalized spacial score (nSPS) is 16.9. The summed E-state index contributed by atoms with van der Waals surface area (Å²) in [5, 5.41) is 10.4. The average molecular weight is 378 g/mol. The van der Waals surface area contributed by atoms with Gasteiger partial charge in [-0.1, -0.05) is 0 Å². The van der Waals surface area contributed by atoms with E-state index in [1.807, 2.05) is 31.2 Å². The third-order valence-corrected chi connectivity index (χ3v) is 4.62. The summed E-state index contributed by atoms with van der Waals surface area (Å²) in [4.78, 5) is 4.61. The van der Waals surface area contributed by atoms with Crippen LogP contribution in [0.5, 0.6) is 0 Å². The standard InChI is InChI=1S/C20H30N2O5/c1-17-4-5-19(27-17)14-22(7-6-21-8-11-24-12-9-21)13-18(23)15-25-16-20-3-2-10-26-20/h2-5,10,18,23H,6-9,11-16H2,1H3. The molecule has 27 heavy (non-hydrogen) atoms. The Hall–Kier alpha value is -1.64. The molecule has 0 saturated carbocycles. The summed E-state index contributed by atoms with van der Waals surface area (Å²) in [6.45, 7) is 9.10. The summed E-state index contributed by atoms with van der Waals surface area (Å²) in [7, 11) is 0. The minimum atomic E-state index is -0.569. The van der Waals surface area contributed by atoms with Crippen LogP contribution in [-0.2, 0) is 22.6 Å². The van der Waals surface area contributed by atoms with Gasteiger partial charge in [-0.15, -0.1) is 0 Å². The van der Waals surface area contributed by atoms with Gasteiger partial charge in [0.1, 0.15) is 23.9 Å². The molecule has 3 rings (SSSR count). The summed E-state index contributed by atoms with van der Waals surface area (Å²) in [6, 6.07) is 7.66. The van der Waals surface area contributed by atoms with Gasteiger partial charge in [0.2, 0.25) is 0 Å². The lowest BCUT2D eigenvalue weighted by Crippen LogP contribution is -2.43. The zero-order valence-corrected chi connectivity index (χ0v) is 16.0. The first-order chi connectivity index (χ1) is 13.2. The van der Waals surface area contributed by atoms with Crippen LogP contribution < -0.4 is 0 Å². The van der Waals surface area contributed by atoms with E-state index in [1.165, 1.54) is 0 Å². The molecule has 0 bridgehead atoms. The summed E-state index contributed by atoms with van der Waals surface area (Å²) in [5.74, 6) is 2.58. The molecular formula is C20H30N2O5. The predicted molar refractivity (Wildman–Crippen MR) is 100 cm³/mol. The Morgan fingerprint density at radius 1 is 1.22 bits per heavy atom. The molecule has 0 radical (unpaired) electrons. The van der Waals surface area contributed by atoms with Crippen molar-refractivity contribution in [2.24, 2.45) is 0 Å². The first kappa shape index (κ1) is 20.1.